The van der Waals surface area contributed by atoms with Crippen molar-refractivity contribution < 1.29 is 14.3 Å². The fourth-order valence-electron chi connectivity index (χ4n) is 2.42. The summed E-state index contributed by atoms with van der Waals surface area (Å²) in [5.74, 6) is 0.323. The molecule has 0 radical (unpaired) electrons. The molecule has 3 aromatic rings. The van der Waals surface area contributed by atoms with Crippen LogP contribution in [0, 0.1) is 0 Å². The predicted octanol–water partition coefficient (Wildman–Crippen LogP) is 4.60. The van der Waals surface area contributed by atoms with E-state index in [0.29, 0.717) is 16.5 Å². The Bertz CT molecular complexity index is 1040. The quantitative estimate of drug-likeness (QED) is 0.282. The highest BCUT2D eigenvalue weighted by Crippen LogP contribution is 2.20. The summed E-state index contributed by atoms with van der Waals surface area (Å²) in [6, 6.07) is 23.7. The van der Waals surface area contributed by atoms with Crippen molar-refractivity contribution in [3.05, 3.63) is 89.4 Å². The number of hydrogen-bond acceptors (Lipinski definition) is 5. The third kappa shape index (κ3) is 7.81. The van der Waals surface area contributed by atoms with Gasteiger partial charge in [-0.2, -0.15) is 5.10 Å². The van der Waals surface area contributed by atoms with E-state index >= 15 is 0 Å². The van der Waals surface area contributed by atoms with Crippen LogP contribution in [0.3, 0.4) is 0 Å². The normalized spacial score (nSPS) is 10.6. The lowest BCUT2D eigenvalue weighted by Gasteiger charge is -2.08. The summed E-state index contributed by atoms with van der Waals surface area (Å²) in [6.07, 6.45) is 1.54. The van der Waals surface area contributed by atoms with Crippen LogP contribution < -0.4 is 15.5 Å². The monoisotopic (exact) mass is 453 g/mol. The number of thioether (sulfide) groups is 1. The second kappa shape index (κ2) is 11.8. The lowest BCUT2D eigenvalue weighted by atomic mass is 10.2. The molecule has 0 spiro atoms. The fraction of sp³-hybridized carbons (Fsp3) is 0.0870. The number of hydrogen-bond donors (Lipinski definition) is 2. The van der Waals surface area contributed by atoms with E-state index in [4.69, 9.17) is 16.3 Å². The molecule has 158 valence electrons. The maximum absolute atomic E-state index is 12.0. The molecule has 2 amide bonds. The zero-order chi connectivity index (χ0) is 21.9. The van der Waals surface area contributed by atoms with Crippen LogP contribution in [0.4, 0.5) is 5.69 Å². The van der Waals surface area contributed by atoms with E-state index in [9.17, 15) is 9.59 Å². The lowest BCUT2D eigenvalue weighted by molar-refractivity contribution is -0.119. The molecule has 0 aromatic heterocycles. The van der Waals surface area contributed by atoms with Crippen LogP contribution in [0.5, 0.6) is 5.75 Å². The fourth-order valence-corrected chi connectivity index (χ4v) is 3.32. The van der Waals surface area contributed by atoms with E-state index in [1.807, 2.05) is 30.3 Å². The molecular weight excluding hydrogens is 434 g/mol. The summed E-state index contributed by atoms with van der Waals surface area (Å²) in [4.78, 5) is 24.9. The van der Waals surface area contributed by atoms with E-state index in [-0.39, 0.29) is 24.2 Å². The number of ether oxygens (including phenoxy) is 1. The van der Waals surface area contributed by atoms with E-state index < -0.39 is 0 Å². The number of carbonyl (C=O) groups is 2. The van der Waals surface area contributed by atoms with Crippen molar-refractivity contribution in [2.75, 3.05) is 17.7 Å². The van der Waals surface area contributed by atoms with Gasteiger partial charge in [-0.3, -0.25) is 9.59 Å². The highest BCUT2D eigenvalue weighted by molar-refractivity contribution is 8.00. The first kappa shape index (κ1) is 22.4. The number of nitrogens with one attached hydrogen (secondary N) is 2. The maximum atomic E-state index is 12.0. The molecule has 31 heavy (non-hydrogen) atoms. The molecule has 8 heteroatoms. The SMILES string of the molecule is O=C(CSc1ccccc1)N/N=C\c1ccc(OCC(=O)Nc2ccccc2Cl)cc1. The van der Waals surface area contributed by atoms with Gasteiger partial charge in [0, 0.05) is 4.90 Å². The first-order chi connectivity index (χ1) is 15.1. The summed E-state index contributed by atoms with van der Waals surface area (Å²) in [7, 11) is 0. The number of nitrogens with zero attached hydrogens (tertiary/aromatic N) is 1. The van der Waals surface area contributed by atoms with Gasteiger partial charge in [-0.25, -0.2) is 5.43 Å². The number of amides is 2. The van der Waals surface area contributed by atoms with E-state index in [1.54, 1.807) is 54.7 Å². The van der Waals surface area contributed by atoms with Gasteiger partial charge in [-0.05, 0) is 54.1 Å². The Morgan fingerprint density at radius 3 is 2.39 bits per heavy atom. The van der Waals surface area contributed by atoms with Gasteiger partial charge in [0.1, 0.15) is 5.75 Å². The Morgan fingerprint density at radius 2 is 1.65 bits per heavy atom. The topological polar surface area (TPSA) is 79.8 Å². The van der Waals surface area contributed by atoms with Gasteiger partial charge in [-0.1, -0.05) is 41.9 Å². The molecule has 0 unspecified atom stereocenters. The molecule has 0 heterocycles. The minimum atomic E-state index is -0.310. The van der Waals surface area contributed by atoms with Gasteiger partial charge in [0.2, 0.25) is 5.91 Å². The van der Waals surface area contributed by atoms with Crippen LogP contribution in [0.2, 0.25) is 5.02 Å². The molecule has 0 atom stereocenters. The van der Waals surface area contributed by atoms with Gasteiger partial charge >= 0.3 is 0 Å². The zero-order valence-electron chi connectivity index (χ0n) is 16.5. The molecule has 0 bridgehead atoms. The van der Waals surface area contributed by atoms with Gasteiger partial charge in [0.15, 0.2) is 6.61 Å². The van der Waals surface area contributed by atoms with E-state index in [2.05, 4.69) is 15.8 Å². The van der Waals surface area contributed by atoms with Crippen molar-refractivity contribution in [3.63, 3.8) is 0 Å². The number of halogens is 1. The predicted molar refractivity (Wildman–Crippen MR) is 125 cm³/mol. The van der Waals surface area contributed by atoms with Crippen molar-refractivity contribution in [2.24, 2.45) is 5.10 Å². The van der Waals surface area contributed by atoms with Crippen LogP contribution in [0.15, 0.2) is 88.9 Å². The molecule has 2 N–H and O–H groups in total. The van der Waals surface area contributed by atoms with Crippen LogP contribution in [-0.2, 0) is 9.59 Å². The van der Waals surface area contributed by atoms with Gasteiger partial charge in [-0.15, -0.1) is 11.8 Å². The number of benzene rings is 3. The lowest BCUT2D eigenvalue weighted by Crippen LogP contribution is -2.20. The Labute approximate surface area is 189 Å². The molecule has 0 saturated heterocycles. The summed E-state index contributed by atoms with van der Waals surface area (Å²) in [6.45, 7) is -0.145. The number of para-hydroxylation sites is 1. The smallest absolute Gasteiger partial charge is 0.262 e. The van der Waals surface area contributed by atoms with E-state index in [1.165, 1.54) is 11.8 Å². The Hall–Kier alpha value is -3.29. The molecule has 0 aliphatic carbocycles. The van der Waals surface area contributed by atoms with Crippen LogP contribution in [-0.4, -0.2) is 30.4 Å². The van der Waals surface area contributed by atoms with Crippen molar-refractivity contribution in [1.82, 2.24) is 5.43 Å². The number of hydrazone groups is 1. The van der Waals surface area contributed by atoms with Crippen molar-refractivity contribution >= 4 is 47.1 Å². The standard InChI is InChI=1S/C23H20ClN3O3S/c24-20-8-4-5-9-21(20)26-22(28)15-30-18-12-10-17(11-13-18)14-25-27-23(29)16-31-19-6-2-1-3-7-19/h1-14H,15-16H2,(H,26,28)(H,27,29)/b25-14-. The Kier molecular flexibility index (Phi) is 8.51. The average molecular weight is 454 g/mol. The summed E-state index contributed by atoms with van der Waals surface area (Å²) in [5.41, 5.74) is 3.82. The van der Waals surface area contributed by atoms with Crippen LogP contribution >= 0.6 is 23.4 Å². The van der Waals surface area contributed by atoms with Crippen molar-refractivity contribution in [3.8, 4) is 5.75 Å². The average Bonchev–Trinajstić information content (AvgIpc) is 2.79. The number of rotatable bonds is 9. The van der Waals surface area contributed by atoms with Crippen molar-refractivity contribution in [1.29, 1.82) is 0 Å². The van der Waals surface area contributed by atoms with Gasteiger partial charge in [0.25, 0.3) is 5.91 Å². The van der Waals surface area contributed by atoms with Crippen molar-refractivity contribution in [2.45, 2.75) is 4.90 Å². The largest absolute Gasteiger partial charge is 0.484 e. The molecule has 6 nitrogen and oxygen atoms in total. The third-order valence-electron chi connectivity index (χ3n) is 3.91. The minimum Gasteiger partial charge on any atom is -0.484 e. The molecule has 0 aliphatic rings. The van der Waals surface area contributed by atoms with Gasteiger partial charge in [0.05, 0.1) is 22.7 Å². The van der Waals surface area contributed by atoms with Crippen LogP contribution in [0.1, 0.15) is 5.56 Å². The summed E-state index contributed by atoms with van der Waals surface area (Å²) < 4.78 is 5.48. The molecular formula is C23H20ClN3O3S. The molecule has 0 fully saturated rings. The molecule has 3 aromatic carbocycles. The maximum Gasteiger partial charge on any atom is 0.262 e. The van der Waals surface area contributed by atoms with Gasteiger partial charge < -0.3 is 10.1 Å². The highest BCUT2D eigenvalue weighted by Gasteiger charge is 2.06. The summed E-state index contributed by atoms with van der Waals surface area (Å²) in [5, 5.41) is 7.11. The molecule has 3 rings (SSSR count). The minimum absolute atomic E-state index is 0.145. The second-order valence-corrected chi connectivity index (χ2v) is 7.74. The summed E-state index contributed by atoms with van der Waals surface area (Å²) >= 11 is 7.46. The zero-order valence-corrected chi connectivity index (χ0v) is 18.0. The van der Waals surface area contributed by atoms with Crippen LogP contribution in [0.25, 0.3) is 0 Å². The second-order valence-electron chi connectivity index (χ2n) is 6.28. The van der Waals surface area contributed by atoms with E-state index in [0.717, 1.165) is 10.5 Å². The molecule has 0 aliphatic heterocycles. The Morgan fingerprint density at radius 1 is 0.935 bits per heavy atom. The Balaban J connectivity index is 1.39. The first-order valence-electron chi connectivity index (χ1n) is 9.37. The first-order valence-corrected chi connectivity index (χ1v) is 10.7. The third-order valence-corrected chi connectivity index (χ3v) is 5.26. The number of carbonyl (C=O) groups excluding carboxylic acids is 2. The molecule has 0 saturated carbocycles. The number of anilines is 1. The highest BCUT2D eigenvalue weighted by atomic mass is 35.5.